The van der Waals surface area contributed by atoms with Gasteiger partial charge in [0.05, 0.1) is 6.04 Å². The van der Waals surface area contributed by atoms with Gasteiger partial charge in [0.2, 0.25) is 5.91 Å². The molecule has 0 aliphatic heterocycles. The molecule has 0 fully saturated rings. The average Bonchev–Trinajstić information content (AvgIpc) is 2.47. The Morgan fingerprint density at radius 2 is 1.60 bits per heavy atom. The van der Waals surface area contributed by atoms with Gasteiger partial charge < -0.3 is 10.6 Å². The molecule has 3 heteroatoms. The minimum atomic E-state index is -0.0542. The summed E-state index contributed by atoms with van der Waals surface area (Å²) in [5.74, 6) is -0.0542. The van der Waals surface area contributed by atoms with Crippen LogP contribution in [0, 0.1) is 0 Å². The highest BCUT2D eigenvalue weighted by Gasteiger charge is 2.08. The van der Waals surface area contributed by atoms with Gasteiger partial charge in [-0.1, -0.05) is 37.3 Å². The predicted molar refractivity (Wildman–Crippen MR) is 83.8 cm³/mol. The summed E-state index contributed by atoms with van der Waals surface area (Å²) in [7, 11) is 0. The number of carbonyl (C=O) groups is 1. The maximum absolute atomic E-state index is 11.0. The largest absolute Gasteiger partial charge is 0.378 e. The molecule has 0 saturated carbocycles. The zero-order valence-electron chi connectivity index (χ0n) is 11.9. The summed E-state index contributed by atoms with van der Waals surface area (Å²) in [4.78, 5) is 11.0. The molecule has 104 valence electrons. The molecule has 0 radical (unpaired) electrons. The van der Waals surface area contributed by atoms with Crippen molar-refractivity contribution in [2.45, 2.75) is 26.3 Å². The van der Waals surface area contributed by atoms with Gasteiger partial charge >= 0.3 is 0 Å². The summed E-state index contributed by atoms with van der Waals surface area (Å²) in [6.45, 7) is 3.67. The van der Waals surface area contributed by atoms with E-state index in [0.717, 1.165) is 17.8 Å². The van der Waals surface area contributed by atoms with Crippen LogP contribution in [-0.2, 0) is 4.79 Å². The van der Waals surface area contributed by atoms with E-state index in [4.69, 9.17) is 0 Å². The van der Waals surface area contributed by atoms with Crippen LogP contribution in [0.2, 0.25) is 0 Å². The van der Waals surface area contributed by atoms with Crippen molar-refractivity contribution in [2.75, 3.05) is 10.6 Å². The second-order valence-corrected chi connectivity index (χ2v) is 4.77. The van der Waals surface area contributed by atoms with Crippen LogP contribution < -0.4 is 10.6 Å². The van der Waals surface area contributed by atoms with Gasteiger partial charge in [-0.3, -0.25) is 4.79 Å². The zero-order chi connectivity index (χ0) is 14.4. The van der Waals surface area contributed by atoms with Crippen molar-refractivity contribution in [1.29, 1.82) is 0 Å². The van der Waals surface area contributed by atoms with E-state index < -0.39 is 0 Å². The monoisotopic (exact) mass is 268 g/mol. The van der Waals surface area contributed by atoms with Gasteiger partial charge in [-0.25, -0.2) is 0 Å². The van der Waals surface area contributed by atoms with Gasteiger partial charge in [0.25, 0.3) is 0 Å². The third-order valence-corrected chi connectivity index (χ3v) is 3.16. The van der Waals surface area contributed by atoms with Crippen molar-refractivity contribution in [3.63, 3.8) is 0 Å². The maximum Gasteiger partial charge on any atom is 0.221 e. The number of carbonyl (C=O) groups excluding carboxylic acids is 1. The Bertz CT molecular complexity index is 549. The van der Waals surface area contributed by atoms with Gasteiger partial charge in [0.15, 0.2) is 0 Å². The van der Waals surface area contributed by atoms with Crippen molar-refractivity contribution in [2.24, 2.45) is 0 Å². The highest BCUT2D eigenvalue weighted by molar-refractivity contribution is 5.88. The molecule has 2 rings (SSSR count). The van der Waals surface area contributed by atoms with E-state index in [1.165, 1.54) is 12.5 Å². The van der Waals surface area contributed by atoms with Crippen LogP contribution in [-0.4, -0.2) is 5.91 Å². The van der Waals surface area contributed by atoms with Gasteiger partial charge in [-0.05, 0) is 36.2 Å². The lowest BCUT2D eigenvalue weighted by Crippen LogP contribution is -2.10. The molecule has 0 saturated heterocycles. The number of hydrogen-bond donors (Lipinski definition) is 2. The number of hydrogen-bond acceptors (Lipinski definition) is 2. The average molecular weight is 268 g/mol. The van der Waals surface area contributed by atoms with Gasteiger partial charge in [0.1, 0.15) is 0 Å². The molecule has 0 spiro atoms. The molecular formula is C17H20N2O. The van der Waals surface area contributed by atoms with E-state index in [1.807, 2.05) is 30.3 Å². The van der Waals surface area contributed by atoms with Crippen molar-refractivity contribution < 1.29 is 4.79 Å². The fraction of sp³-hybridized carbons (Fsp3) is 0.235. The maximum atomic E-state index is 11.0. The Balaban J connectivity index is 2.06. The third kappa shape index (κ3) is 3.85. The molecule has 1 atom stereocenters. The fourth-order valence-corrected chi connectivity index (χ4v) is 2.16. The van der Waals surface area contributed by atoms with Crippen molar-refractivity contribution in [3.05, 3.63) is 60.2 Å². The lowest BCUT2D eigenvalue weighted by Gasteiger charge is -2.19. The molecular weight excluding hydrogens is 248 g/mol. The van der Waals surface area contributed by atoms with E-state index in [-0.39, 0.29) is 5.91 Å². The lowest BCUT2D eigenvalue weighted by atomic mass is 10.0. The second-order valence-electron chi connectivity index (χ2n) is 4.77. The van der Waals surface area contributed by atoms with Crippen molar-refractivity contribution in [1.82, 2.24) is 0 Å². The molecule has 0 bridgehead atoms. The molecule has 2 N–H and O–H groups in total. The minimum absolute atomic E-state index is 0.0542. The summed E-state index contributed by atoms with van der Waals surface area (Å²) in [6, 6.07) is 18.5. The molecule has 0 aliphatic rings. The Kier molecular flexibility index (Phi) is 4.77. The van der Waals surface area contributed by atoms with Crippen LogP contribution in [0.5, 0.6) is 0 Å². The molecule has 1 unspecified atom stereocenters. The first-order valence-electron chi connectivity index (χ1n) is 6.88. The molecule has 2 aromatic carbocycles. The van der Waals surface area contributed by atoms with Crippen LogP contribution in [0.15, 0.2) is 54.6 Å². The van der Waals surface area contributed by atoms with Crippen molar-refractivity contribution >= 4 is 17.3 Å². The molecule has 2 aromatic rings. The predicted octanol–water partition coefficient (Wildman–Crippen LogP) is 4.21. The van der Waals surface area contributed by atoms with E-state index in [9.17, 15) is 4.79 Å². The summed E-state index contributed by atoms with van der Waals surface area (Å²) in [6.07, 6.45) is 1.01. The summed E-state index contributed by atoms with van der Waals surface area (Å²) in [5.41, 5.74) is 3.14. The number of nitrogens with one attached hydrogen (secondary N) is 2. The Hall–Kier alpha value is -2.29. The van der Waals surface area contributed by atoms with Crippen LogP contribution >= 0.6 is 0 Å². The minimum Gasteiger partial charge on any atom is -0.378 e. The number of amides is 1. The summed E-state index contributed by atoms with van der Waals surface area (Å²) < 4.78 is 0. The smallest absolute Gasteiger partial charge is 0.221 e. The van der Waals surface area contributed by atoms with E-state index >= 15 is 0 Å². The normalized spacial score (nSPS) is 11.7. The van der Waals surface area contributed by atoms with Crippen molar-refractivity contribution in [3.8, 4) is 0 Å². The highest BCUT2D eigenvalue weighted by Crippen LogP contribution is 2.23. The fourth-order valence-electron chi connectivity index (χ4n) is 2.16. The second kappa shape index (κ2) is 6.75. The molecule has 0 aliphatic carbocycles. The van der Waals surface area contributed by atoms with Crippen LogP contribution in [0.25, 0.3) is 0 Å². The van der Waals surface area contributed by atoms with E-state index in [0.29, 0.717) is 6.04 Å². The molecule has 0 heterocycles. The first kappa shape index (κ1) is 14.1. The van der Waals surface area contributed by atoms with Gasteiger partial charge in [-0.15, -0.1) is 0 Å². The number of anilines is 2. The van der Waals surface area contributed by atoms with E-state index in [2.05, 4.69) is 41.8 Å². The van der Waals surface area contributed by atoms with Crippen LogP contribution in [0.1, 0.15) is 31.9 Å². The third-order valence-electron chi connectivity index (χ3n) is 3.16. The zero-order valence-corrected chi connectivity index (χ0v) is 11.9. The molecule has 3 nitrogen and oxygen atoms in total. The first-order chi connectivity index (χ1) is 9.69. The van der Waals surface area contributed by atoms with Crippen LogP contribution in [0.3, 0.4) is 0 Å². The van der Waals surface area contributed by atoms with Gasteiger partial charge in [-0.2, -0.15) is 0 Å². The SMILES string of the molecule is CCC(Nc1ccc(NC(C)=O)cc1)c1ccccc1. The summed E-state index contributed by atoms with van der Waals surface area (Å²) >= 11 is 0. The molecule has 20 heavy (non-hydrogen) atoms. The lowest BCUT2D eigenvalue weighted by molar-refractivity contribution is -0.114. The number of rotatable bonds is 5. The number of benzene rings is 2. The Morgan fingerprint density at radius 1 is 1.00 bits per heavy atom. The topological polar surface area (TPSA) is 41.1 Å². The Morgan fingerprint density at radius 3 is 2.15 bits per heavy atom. The van der Waals surface area contributed by atoms with Gasteiger partial charge in [0, 0.05) is 18.3 Å². The Labute approximate surface area is 120 Å². The van der Waals surface area contributed by atoms with Crippen LogP contribution in [0.4, 0.5) is 11.4 Å². The quantitative estimate of drug-likeness (QED) is 0.853. The van der Waals surface area contributed by atoms with E-state index in [1.54, 1.807) is 0 Å². The molecule has 1 amide bonds. The summed E-state index contributed by atoms with van der Waals surface area (Å²) in [5, 5.41) is 6.28. The molecule has 0 aromatic heterocycles. The highest BCUT2D eigenvalue weighted by atomic mass is 16.1. The standard InChI is InChI=1S/C17H20N2O/c1-3-17(14-7-5-4-6-8-14)19-16-11-9-15(10-12-16)18-13(2)20/h4-12,17,19H,3H2,1-2H3,(H,18,20). The first-order valence-corrected chi connectivity index (χ1v) is 6.88.